The van der Waals surface area contributed by atoms with Crippen LogP contribution in [0, 0.1) is 5.82 Å². The second-order valence-corrected chi connectivity index (χ2v) is 10.3. The Morgan fingerprint density at radius 2 is 1.91 bits per heavy atom. The van der Waals surface area contributed by atoms with Crippen molar-refractivity contribution in [1.29, 1.82) is 0 Å². The number of hydrogen-bond acceptors (Lipinski definition) is 7. The van der Waals surface area contributed by atoms with E-state index in [2.05, 4.69) is 9.97 Å². The van der Waals surface area contributed by atoms with Gasteiger partial charge in [-0.05, 0) is 54.6 Å². The first-order valence-corrected chi connectivity index (χ1v) is 12.5. The van der Waals surface area contributed by atoms with Crippen molar-refractivity contribution in [3.8, 4) is 5.75 Å². The van der Waals surface area contributed by atoms with Crippen LogP contribution in [-0.4, -0.2) is 37.2 Å². The molecule has 170 valence electrons. The second kappa shape index (κ2) is 9.63. The van der Waals surface area contributed by atoms with Crippen molar-refractivity contribution in [1.82, 2.24) is 9.97 Å². The number of nitrogens with zero attached hydrogens (tertiary/aromatic N) is 3. The summed E-state index contributed by atoms with van der Waals surface area (Å²) in [5.41, 5.74) is 1.18. The van der Waals surface area contributed by atoms with Gasteiger partial charge in [-0.25, -0.2) is 17.8 Å². The van der Waals surface area contributed by atoms with E-state index >= 15 is 0 Å². The van der Waals surface area contributed by atoms with Gasteiger partial charge in [0.05, 0.1) is 40.2 Å². The van der Waals surface area contributed by atoms with Gasteiger partial charge >= 0.3 is 0 Å². The summed E-state index contributed by atoms with van der Waals surface area (Å²) in [5, 5.41) is 0.355. The fraction of sp³-hybridized carbons (Fsp3) is 0.174. The number of pyridine rings is 1. The van der Waals surface area contributed by atoms with Crippen molar-refractivity contribution < 1.29 is 22.3 Å². The van der Waals surface area contributed by atoms with Gasteiger partial charge in [0.2, 0.25) is 5.91 Å². The highest BCUT2D eigenvalue weighted by Crippen LogP contribution is 2.31. The Hall–Kier alpha value is -3.37. The number of rotatable bonds is 8. The number of amides is 1. The molecule has 0 radical (unpaired) electrons. The third-order valence-corrected chi connectivity index (χ3v) is 7.69. The summed E-state index contributed by atoms with van der Waals surface area (Å²) < 4.78 is 44.8. The number of carbonyl (C=O) groups is 1. The van der Waals surface area contributed by atoms with Crippen LogP contribution in [0.4, 0.5) is 9.52 Å². The molecule has 0 aliphatic carbocycles. The zero-order chi connectivity index (χ0) is 23.4. The molecule has 0 spiro atoms. The van der Waals surface area contributed by atoms with Crippen LogP contribution in [0.2, 0.25) is 0 Å². The first-order chi connectivity index (χ1) is 15.9. The molecule has 2 aromatic carbocycles. The van der Waals surface area contributed by atoms with E-state index in [0.717, 1.165) is 11.3 Å². The lowest BCUT2D eigenvalue weighted by atomic mass is 10.3. The van der Waals surface area contributed by atoms with Gasteiger partial charge in [-0.1, -0.05) is 17.4 Å². The zero-order valence-electron chi connectivity index (χ0n) is 17.6. The maximum absolute atomic E-state index is 13.6. The Morgan fingerprint density at radius 1 is 1.12 bits per heavy atom. The van der Waals surface area contributed by atoms with Crippen LogP contribution in [0.5, 0.6) is 5.75 Å². The lowest BCUT2D eigenvalue weighted by Gasteiger charge is -2.19. The molecule has 0 unspecified atom stereocenters. The molecule has 0 N–H and O–H groups in total. The first kappa shape index (κ1) is 22.8. The summed E-state index contributed by atoms with van der Waals surface area (Å²) in [5.74, 6) is -0.641. The summed E-state index contributed by atoms with van der Waals surface area (Å²) in [7, 11) is -2.19. The van der Waals surface area contributed by atoms with Gasteiger partial charge in [-0.15, -0.1) is 0 Å². The lowest BCUT2D eigenvalue weighted by Crippen LogP contribution is -2.32. The maximum Gasteiger partial charge on any atom is 0.230 e. The van der Waals surface area contributed by atoms with E-state index in [0.29, 0.717) is 26.8 Å². The van der Waals surface area contributed by atoms with Crippen LogP contribution in [0.3, 0.4) is 0 Å². The number of halogens is 1. The van der Waals surface area contributed by atoms with E-state index in [1.807, 2.05) is 0 Å². The number of anilines is 1. The van der Waals surface area contributed by atoms with E-state index in [9.17, 15) is 17.6 Å². The van der Waals surface area contributed by atoms with Gasteiger partial charge in [0.25, 0.3) is 0 Å². The average Bonchev–Trinajstić information content (AvgIpc) is 3.24. The predicted octanol–water partition coefficient (Wildman–Crippen LogP) is 4.24. The van der Waals surface area contributed by atoms with E-state index in [-0.39, 0.29) is 23.6 Å². The summed E-state index contributed by atoms with van der Waals surface area (Å²) in [6.45, 7) is 0.116. The molecule has 0 saturated carbocycles. The van der Waals surface area contributed by atoms with Crippen LogP contribution >= 0.6 is 11.3 Å². The van der Waals surface area contributed by atoms with Gasteiger partial charge in [-0.3, -0.25) is 14.7 Å². The number of thiazole rings is 1. The van der Waals surface area contributed by atoms with Crippen LogP contribution < -0.4 is 9.64 Å². The van der Waals surface area contributed by atoms with Crippen molar-refractivity contribution >= 4 is 42.4 Å². The second-order valence-electron chi connectivity index (χ2n) is 7.15. The standard InChI is InChI=1S/C23H20FN3O4S2/c1-31-18-6-8-19(9-7-18)33(29,30)13-11-22(28)27(15-17-4-2-3-12-25-17)23-26-20-10-5-16(24)14-21(20)32-23/h2-10,12,14H,11,13,15H2,1H3. The minimum atomic E-state index is -3.68. The molecular weight excluding hydrogens is 465 g/mol. The van der Waals surface area contributed by atoms with E-state index in [1.54, 1.807) is 42.6 Å². The minimum absolute atomic E-state index is 0.114. The number of methoxy groups -OCH3 is 1. The Bertz CT molecular complexity index is 1370. The fourth-order valence-electron chi connectivity index (χ4n) is 3.18. The Balaban J connectivity index is 1.58. The van der Waals surface area contributed by atoms with Crippen molar-refractivity contribution in [2.24, 2.45) is 0 Å². The Morgan fingerprint density at radius 3 is 2.61 bits per heavy atom. The molecule has 0 bridgehead atoms. The summed E-state index contributed by atoms with van der Waals surface area (Å²) in [6, 6.07) is 15.5. The average molecular weight is 486 g/mol. The first-order valence-electron chi connectivity index (χ1n) is 9.99. The van der Waals surface area contributed by atoms with Gasteiger partial charge in [0.1, 0.15) is 11.6 Å². The number of sulfone groups is 1. The number of carbonyl (C=O) groups excluding carboxylic acids is 1. The molecule has 0 aliphatic heterocycles. The maximum atomic E-state index is 13.6. The molecule has 1 amide bonds. The smallest absolute Gasteiger partial charge is 0.230 e. The van der Waals surface area contributed by atoms with Gasteiger partial charge < -0.3 is 4.74 Å². The van der Waals surface area contributed by atoms with Gasteiger partial charge in [0, 0.05) is 12.6 Å². The SMILES string of the molecule is COc1ccc(S(=O)(=O)CCC(=O)N(Cc2ccccn2)c2nc3ccc(F)cc3s2)cc1. The quantitative estimate of drug-likeness (QED) is 0.371. The highest BCUT2D eigenvalue weighted by atomic mass is 32.2. The molecule has 0 fully saturated rings. The molecule has 7 nitrogen and oxygen atoms in total. The highest BCUT2D eigenvalue weighted by molar-refractivity contribution is 7.91. The monoisotopic (exact) mass is 485 g/mol. The van der Waals surface area contributed by atoms with Crippen molar-refractivity contribution in [3.05, 3.63) is 78.4 Å². The van der Waals surface area contributed by atoms with Crippen molar-refractivity contribution in [2.75, 3.05) is 17.8 Å². The van der Waals surface area contributed by atoms with Crippen LogP contribution in [0.25, 0.3) is 10.2 Å². The number of fused-ring (bicyclic) bond motifs is 1. The fourth-order valence-corrected chi connectivity index (χ4v) is 5.41. The number of ether oxygens (including phenoxy) is 1. The Kier molecular flexibility index (Phi) is 6.66. The molecule has 2 aromatic heterocycles. The van der Waals surface area contributed by atoms with Crippen LogP contribution in [0.1, 0.15) is 12.1 Å². The highest BCUT2D eigenvalue weighted by Gasteiger charge is 2.24. The van der Waals surface area contributed by atoms with Crippen LogP contribution in [0.15, 0.2) is 71.8 Å². The normalized spacial score (nSPS) is 11.5. The molecule has 0 aliphatic rings. The molecule has 0 atom stereocenters. The van der Waals surface area contributed by atoms with Gasteiger partial charge in [0.15, 0.2) is 15.0 Å². The largest absolute Gasteiger partial charge is 0.497 e. The lowest BCUT2D eigenvalue weighted by molar-refractivity contribution is -0.118. The molecule has 10 heteroatoms. The van der Waals surface area contributed by atoms with E-state index < -0.39 is 21.6 Å². The Labute approximate surface area is 194 Å². The summed E-state index contributed by atoms with van der Waals surface area (Å²) in [6.07, 6.45) is 1.37. The topological polar surface area (TPSA) is 89.5 Å². The molecule has 0 saturated heterocycles. The number of hydrogen-bond donors (Lipinski definition) is 0. The third kappa shape index (κ3) is 5.35. The number of aromatic nitrogens is 2. The minimum Gasteiger partial charge on any atom is -0.497 e. The van der Waals surface area contributed by atoms with E-state index in [4.69, 9.17) is 4.74 Å². The summed E-state index contributed by atoms with van der Waals surface area (Å²) >= 11 is 1.16. The third-order valence-electron chi connectivity index (χ3n) is 4.92. The van der Waals surface area contributed by atoms with Crippen molar-refractivity contribution in [3.63, 3.8) is 0 Å². The molecular formula is C23H20FN3O4S2. The van der Waals surface area contributed by atoms with E-state index in [1.165, 1.54) is 36.3 Å². The molecule has 2 heterocycles. The number of benzene rings is 2. The van der Waals surface area contributed by atoms with Crippen LogP contribution in [-0.2, 0) is 21.2 Å². The molecule has 4 aromatic rings. The molecule has 4 rings (SSSR count). The summed E-state index contributed by atoms with van der Waals surface area (Å²) in [4.78, 5) is 23.4. The van der Waals surface area contributed by atoms with Crippen molar-refractivity contribution in [2.45, 2.75) is 17.9 Å². The molecule has 33 heavy (non-hydrogen) atoms. The zero-order valence-corrected chi connectivity index (χ0v) is 19.3. The predicted molar refractivity (Wildman–Crippen MR) is 125 cm³/mol. The van der Waals surface area contributed by atoms with Gasteiger partial charge in [-0.2, -0.15) is 0 Å².